The van der Waals surface area contributed by atoms with Crippen LogP contribution >= 0.6 is 23.2 Å². The van der Waals surface area contributed by atoms with Crippen LogP contribution in [-0.4, -0.2) is 76.8 Å². The summed E-state index contributed by atoms with van der Waals surface area (Å²) in [6.07, 6.45) is 6.43. The molecule has 3 rings (SSSR count). The van der Waals surface area contributed by atoms with Crippen LogP contribution in [0.1, 0.15) is 94.6 Å². The quantitative estimate of drug-likeness (QED) is 0.101. The van der Waals surface area contributed by atoms with E-state index in [2.05, 4.69) is 13.2 Å². The molecule has 2 unspecified atom stereocenters. The van der Waals surface area contributed by atoms with Crippen LogP contribution < -0.4 is 0 Å². The summed E-state index contributed by atoms with van der Waals surface area (Å²) in [5.41, 5.74) is 3.09. The standard InChI is InChI=1S/C21H30ClNO3S.C19H26ClNO3S.C2H6/c1-7-9-19(14-17-10-12-18(22)13-11-17)23(27(25)21(4,5)6)15-16(3)20(24)26-8-2;1-5-24-18(22)15-8-11-17(12-14-6-9-16(20)10-7-14)21(13-15)25(23)19(2,3)4;1-2/h7,10-13,19H,1,3,8-9,14-15H2,2,4-6H3;6-10,17H,5,11-13H2,1-4H3;1-2H3/t19?,27-;17?,25-;/m00./s1/i;;1D. The molecule has 2 aromatic carbocycles. The summed E-state index contributed by atoms with van der Waals surface area (Å²) < 4.78 is 45.5. The Morgan fingerprint density at radius 3 is 1.94 bits per heavy atom. The molecule has 8 nitrogen and oxygen atoms in total. The van der Waals surface area contributed by atoms with Crippen LogP contribution in [0.4, 0.5) is 0 Å². The molecule has 0 saturated heterocycles. The van der Waals surface area contributed by atoms with Crippen molar-refractivity contribution < 1.29 is 28.9 Å². The normalized spacial score (nSPS) is 16.6. The van der Waals surface area contributed by atoms with E-state index in [9.17, 15) is 18.0 Å². The average Bonchev–Trinajstić information content (AvgIpc) is 3.12. The third-order valence-corrected chi connectivity index (χ3v) is 12.2. The minimum absolute atomic E-state index is 0.0689. The molecule has 0 spiro atoms. The summed E-state index contributed by atoms with van der Waals surface area (Å²) in [5.74, 6) is -0.777. The maximum Gasteiger partial charge on any atom is 0.335 e. The summed E-state index contributed by atoms with van der Waals surface area (Å²) in [6, 6.07) is 15.3. The van der Waals surface area contributed by atoms with Crippen molar-refractivity contribution in [1.29, 1.82) is 0 Å². The number of carbonyl (C=O) groups is 2. The molecule has 302 valence electrons. The third kappa shape index (κ3) is 16.6. The van der Waals surface area contributed by atoms with Crippen LogP contribution in [-0.2, 0) is 53.9 Å². The Labute approximate surface area is 341 Å². The summed E-state index contributed by atoms with van der Waals surface area (Å²) in [4.78, 5) is 24.1. The van der Waals surface area contributed by atoms with Crippen molar-refractivity contribution in [3.05, 3.63) is 106 Å². The molecule has 1 heterocycles. The summed E-state index contributed by atoms with van der Waals surface area (Å²) >= 11 is 11.9. The zero-order chi connectivity index (χ0) is 41.9. The number of hydrogen-bond donors (Lipinski definition) is 0. The molecule has 1 aliphatic rings. The Balaban J connectivity index is 0.000000514. The van der Waals surface area contributed by atoms with E-state index >= 15 is 0 Å². The van der Waals surface area contributed by atoms with E-state index in [0.29, 0.717) is 60.5 Å². The van der Waals surface area contributed by atoms with E-state index in [-0.39, 0.29) is 31.2 Å². The maximum atomic E-state index is 13.2. The Morgan fingerprint density at radius 2 is 1.48 bits per heavy atom. The lowest BCUT2D eigenvalue weighted by Crippen LogP contribution is -2.48. The van der Waals surface area contributed by atoms with E-state index in [1.165, 1.54) is 0 Å². The lowest BCUT2D eigenvalue weighted by atomic mass is 9.98. The molecular weight excluding hydrogens is 764 g/mol. The Kier molecular flexibility index (Phi) is 21.2. The highest BCUT2D eigenvalue weighted by Crippen LogP contribution is 2.28. The zero-order valence-corrected chi connectivity index (χ0v) is 36.8. The Bertz CT molecular complexity index is 1610. The largest absolute Gasteiger partial charge is 0.463 e. The van der Waals surface area contributed by atoms with Crippen LogP contribution in [0.15, 0.2) is 85.0 Å². The van der Waals surface area contributed by atoms with Gasteiger partial charge in [0, 0.05) is 47.7 Å². The molecule has 0 amide bonds. The lowest BCUT2D eigenvalue weighted by molar-refractivity contribution is -0.139. The van der Waals surface area contributed by atoms with E-state index in [1.807, 2.05) is 105 Å². The van der Waals surface area contributed by atoms with Gasteiger partial charge in [0.1, 0.15) is 22.0 Å². The minimum atomic E-state index is -1.33. The molecule has 54 heavy (non-hydrogen) atoms. The summed E-state index contributed by atoms with van der Waals surface area (Å²) in [5, 5.41) is 1.37. The predicted octanol–water partition coefficient (Wildman–Crippen LogP) is 9.65. The Hall–Kier alpha value is -2.60. The molecule has 0 aliphatic carbocycles. The van der Waals surface area contributed by atoms with Gasteiger partial charge in [0.25, 0.3) is 0 Å². The first kappa shape index (κ1) is 47.6. The number of carbonyl (C=O) groups excluding carboxylic acids is 2. The second-order valence-electron chi connectivity index (χ2n) is 14.4. The molecule has 1 aliphatic heterocycles. The van der Waals surface area contributed by atoms with Crippen LogP contribution in [0.2, 0.25) is 10.0 Å². The maximum absolute atomic E-state index is 13.2. The third-order valence-electron chi connectivity index (χ3n) is 7.91. The number of esters is 2. The number of rotatable bonds is 15. The van der Waals surface area contributed by atoms with Crippen molar-refractivity contribution in [1.82, 2.24) is 8.61 Å². The fraction of sp³-hybridized carbons (Fsp3) is 0.524. The molecule has 0 fully saturated rings. The molecule has 0 aromatic heterocycles. The van der Waals surface area contributed by atoms with Gasteiger partial charge in [-0.25, -0.2) is 26.6 Å². The van der Waals surface area contributed by atoms with Crippen molar-refractivity contribution in [3.8, 4) is 0 Å². The summed E-state index contributed by atoms with van der Waals surface area (Å²) in [7, 11) is -2.55. The van der Waals surface area contributed by atoms with E-state index < -0.39 is 37.4 Å². The highest BCUT2D eigenvalue weighted by Gasteiger charge is 2.36. The molecule has 0 radical (unpaired) electrons. The first-order valence-corrected chi connectivity index (χ1v) is 21.2. The van der Waals surface area contributed by atoms with E-state index in [0.717, 1.165) is 17.5 Å². The second-order valence-corrected chi connectivity index (χ2v) is 19.6. The fourth-order valence-corrected chi connectivity index (χ4v) is 8.35. The number of hydrogen-bond acceptors (Lipinski definition) is 6. The number of nitrogens with zero attached hydrogens (tertiary/aromatic N) is 2. The van der Waals surface area contributed by atoms with Crippen molar-refractivity contribution in [2.75, 3.05) is 26.3 Å². The van der Waals surface area contributed by atoms with Gasteiger partial charge in [0.2, 0.25) is 0 Å². The van der Waals surface area contributed by atoms with Crippen molar-refractivity contribution >= 4 is 57.1 Å². The van der Waals surface area contributed by atoms with E-state index in [1.54, 1.807) is 26.8 Å². The highest BCUT2D eigenvalue weighted by molar-refractivity contribution is 7.84. The second kappa shape index (κ2) is 24.1. The number of ether oxygens (including phenoxy) is 2. The van der Waals surface area contributed by atoms with Gasteiger partial charge in [-0.15, -0.1) is 6.58 Å². The molecule has 0 N–H and O–H groups in total. The van der Waals surface area contributed by atoms with Crippen molar-refractivity contribution in [2.24, 2.45) is 0 Å². The smallest absolute Gasteiger partial charge is 0.335 e. The van der Waals surface area contributed by atoms with Crippen LogP contribution in [0.5, 0.6) is 0 Å². The van der Waals surface area contributed by atoms with Crippen LogP contribution in [0.3, 0.4) is 0 Å². The van der Waals surface area contributed by atoms with Gasteiger partial charge in [-0.05, 0) is 116 Å². The first-order chi connectivity index (χ1) is 25.7. The van der Waals surface area contributed by atoms with Gasteiger partial charge in [-0.2, -0.15) is 0 Å². The molecule has 4 atom stereocenters. The molecular formula is C42H62Cl2N2O6S2. The molecule has 0 saturated carbocycles. The Morgan fingerprint density at radius 1 is 0.963 bits per heavy atom. The van der Waals surface area contributed by atoms with E-state index in [4.69, 9.17) is 34.0 Å². The SMILES string of the molecule is C=CCC(Cc1ccc(Cl)cc1)N(CC(=C)C(=O)OCC)[S@@](=O)C(C)(C)C.CCOC(=O)C1=CCC(Cc2ccc(Cl)cc2)N([S@@](=O)C(C)(C)C)C1.[2H]CC. The van der Waals surface area contributed by atoms with Gasteiger partial charge in [-0.3, -0.25) is 0 Å². The fourth-order valence-electron chi connectivity index (χ4n) is 5.30. The van der Waals surface area contributed by atoms with Gasteiger partial charge in [0.15, 0.2) is 0 Å². The lowest BCUT2D eigenvalue weighted by Gasteiger charge is -2.37. The number of benzene rings is 2. The monoisotopic (exact) mass is 825 g/mol. The van der Waals surface area contributed by atoms with Crippen molar-refractivity contribution in [3.63, 3.8) is 0 Å². The topological polar surface area (TPSA) is 93.2 Å². The van der Waals surface area contributed by atoms with Gasteiger partial charge in [0.05, 0.1) is 22.7 Å². The molecule has 12 heteroatoms. The molecule has 2 aromatic rings. The van der Waals surface area contributed by atoms with Crippen molar-refractivity contribution in [2.45, 2.75) is 116 Å². The zero-order valence-electron chi connectivity index (χ0n) is 34.6. The number of halogens is 2. The van der Waals surface area contributed by atoms with Gasteiger partial charge >= 0.3 is 11.9 Å². The average molecular weight is 827 g/mol. The first-order valence-electron chi connectivity index (χ1n) is 18.9. The van der Waals surface area contributed by atoms with Gasteiger partial charge < -0.3 is 9.47 Å². The predicted molar refractivity (Wildman–Crippen MR) is 228 cm³/mol. The summed E-state index contributed by atoms with van der Waals surface area (Å²) in [6.45, 7) is 26.2. The molecule has 0 bridgehead atoms. The van der Waals surface area contributed by atoms with Crippen LogP contribution in [0, 0.1) is 0 Å². The van der Waals surface area contributed by atoms with Crippen LogP contribution in [0.25, 0.3) is 0 Å². The highest BCUT2D eigenvalue weighted by atomic mass is 35.5. The minimum Gasteiger partial charge on any atom is -0.463 e. The van der Waals surface area contributed by atoms with Gasteiger partial charge in [-0.1, -0.05) is 80.0 Å².